The number of halogens is 1. The van der Waals surface area contributed by atoms with Gasteiger partial charge in [-0.05, 0) is 13.8 Å². The molecule has 0 bridgehead atoms. The number of hydrogen-bond donors (Lipinski definition) is 0. The van der Waals surface area contributed by atoms with Crippen LogP contribution in [0.15, 0.2) is 10.1 Å². The summed E-state index contributed by atoms with van der Waals surface area (Å²) in [7, 11) is 0. The summed E-state index contributed by atoms with van der Waals surface area (Å²) in [4.78, 5) is 8.22. The molecule has 0 radical (unpaired) electrons. The molecule has 0 spiro atoms. The lowest BCUT2D eigenvalue weighted by Crippen LogP contribution is -1.80. The lowest BCUT2D eigenvalue weighted by atomic mass is 10.9. The first-order valence-corrected chi connectivity index (χ1v) is 2.99. The van der Waals surface area contributed by atoms with Crippen LogP contribution in [-0.2, 0) is 4.84 Å². The second-order valence-electron chi connectivity index (χ2n) is 1.26. The average Bonchev–Trinajstić information content (AvgIpc) is 1.80. The number of aliphatic imine (C=N–C) groups is 1. The van der Waals surface area contributed by atoms with E-state index in [4.69, 9.17) is 11.6 Å². The van der Waals surface area contributed by atoms with Crippen LogP contribution < -0.4 is 0 Å². The first kappa shape index (κ1) is 8.43. The maximum atomic E-state index is 5.36. The van der Waals surface area contributed by atoms with Crippen LogP contribution in [0.25, 0.3) is 0 Å². The van der Waals surface area contributed by atoms with Crippen LogP contribution in [0, 0.1) is 0 Å². The van der Waals surface area contributed by atoms with Crippen LogP contribution in [0.4, 0.5) is 0 Å². The fourth-order valence-corrected chi connectivity index (χ4v) is 0.255. The minimum Gasteiger partial charge on any atom is -0.395 e. The van der Waals surface area contributed by atoms with Crippen LogP contribution in [0.5, 0.6) is 0 Å². The van der Waals surface area contributed by atoms with Crippen LogP contribution in [-0.4, -0.2) is 18.1 Å². The van der Waals surface area contributed by atoms with Crippen LogP contribution in [0.1, 0.15) is 13.8 Å². The number of hydrogen-bond acceptors (Lipinski definition) is 2. The summed E-state index contributed by atoms with van der Waals surface area (Å²) in [5.41, 5.74) is 0. The molecule has 0 heterocycles. The van der Waals surface area contributed by atoms with Gasteiger partial charge in [-0.3, -0.25) is 0 Å². The van der Waals surface area contributed by atoms with Crippen LogP contribution >= 0.6 is 11.6 Å². The number of nitrogens with zero attached hydrogens (tertiary/aromatic N) is 2. The largest absolute Gasteiger partial charge is 0.395 e. The van der Waals surface area contributed by atoms with E-state index in [0.29, 0.717) is 11.8 Å². The summed E-state index contributed by atoms with van der Waals surface area (Å²) >= 11 is 5.36. The second kappa shape index (κ2) is 5.56. The first-order valence-electron chi connectivity index (χ1n) is 2.61. The van der Waals surface area contributed by atoms with Crippen molar-refractivity contribution < 1.29 is 4.84 Å². The van der Waals surface area contributed by atoms with Crippen molar-refractivity contribution in [2.45, 2.75) is 13.8 Å². The summed E-state index contributed by atoms with van der Waals surface area (Å²) in [6, 6.07) is 0. The molecule has 0 aromatic carbocycles. The zero-order valence-electron chi connectivity index (χ0n) is 5.47. The maximum Gasteiger partial charge on any atom is 0.156 e. The molecule has 0 aromatic heterocycles. The van der Waals surface area contributed by atoms with E-state index in [9.17, 15) is 0 Å². The van der Waals surface area contributed by atoms with Crippen molar-refractivity contribution >= 4 is 23.1 Å². The van der Waals surface area contributed by atoms with Crippen LogP contribution in [0.2, 0.25) is 0 Å². The van der Waals surface area contributed by atoms with Gasteiger partial charge in [0.2, 0.25) is 0 Å². The third-order valence-corrected chi connectivity index (χ3v) is 0.584. The average molecular weight is 149 g/mol. The molecular formula is C5H9ClN2O. The molecule has 52 valence electrons. The van der Waals surface area contributed by atoms with Crippen molar-refractivity contribution in [2.75, 3.05) is 6.61 Å². The van der Waals surface area contributed by atoms with Crippen molar-refractivity contribution in [1.82, 2.24) is 0 Å². The van der Waals surface area contributed by atoms with Gasteiger partial charge in [-0.25, -0.2) is 4.99 Å². The smallest absolute Gasteiger partial charge is 0.156 e. The zero-order valence-corrected chi connectivity index (χ0v) is 6.22. The summed E-state index contributed by atoms with van der Waals surface area (Å²) in [5.74, 6) is 0. The lowest BCUT2D eigenvalue weighted by molar-refractivity contribution is 0.160. The van der Waals surface area contributed by atoms with Gasteiger partial charge in [0.1, 0.15) is 11.8 Å². The normalized spacial score (nSPS) is 12.6. The molecule has 0 aliphatic rings. The number of rotatable bonds is 3. The molecule has 0 rings (SSSR count). The van der Waals surface area contributed by atoms with Crippen molar-refractivity contribution in [3.63, 3.8) is 0 Å². The molecule has 0 aliphatic carbocycles. The molecule has 0 atom stereocenters. The predicted molar refractivity (Wildman–Crippen MR) is 39.1 cm³/mol. The molecule has 4 heteroatoms. The Morgan fingerprint density at radius 1 is 1.78 bits per heavy atom. The molecule has 0 aliphatic heterocycles. The van der Waals surface area contributed by atoms with E-state index in [1.54, 1.807) is 6.92 Å². The van der Waals surface area contributed by atoms with Gasteiger partial charge >= 0.3 is 0 Å². The Morgan fingerprint density at radius 3 is 2.89 bits per heavy atom. The topological polar surface area (TPSA) is 34.0 Å². The zero-order chi connectivity index (χ0) is 7.11. The van der Waals surface area contributed by atoms with Crippen molar-refractivity contribution in [3.8, 4) is 0 Å². The molecule has 0 aromatic rings. The van der Waals surface area contributed by atoms with E-state index in [1.165, 1.54) is 6.34 Å². The van der Waals surface area contributed by atoms with Gasteiger partial charge in [0, 0.05) is 0 Å². The van der Waals surface area contributed by atoms with Gasteiger partial charge < -0.3 is 4.84 Å². The summed E-state index contributed by atoms with van der Waals surface area (Å²) in [5, 5.41) is 3.88. The van der Waals surface area contributed by atoms with E-state index in [0.717, 1.165) is 0 Å². The van der Waals surface area contributed by atoms with Gasteiger partial charge in [-0.2, -0.15) is 0 Å². The highest BCUT2D eigenvalue weighted by Crippen LogP contribution is 1.80. The van der Waals surface area contributed by atoms with Crippen molar-refractivity contribution in [2.24, 2.45) is 10.1 Å². The van der Waals surface area contributed by atoms with Crippen LogP contribution in [0.3, 0.4) is 0 Å². The van der Waals surface area contributed by atoms with Crippen molar-refractivity contribution in [3.05, 3.63) is 0 Å². The highest BCUT2D eigenvalue weighted by atomic mass is 35.5. The Balaban J connectivity index is 3.35. The molecule has 0 amide bonds. The highest BCUT2D eigenvalue weighted by Gasteiger charge is 1.74. The summed E-state index contributed by atoms with van der Waals surface area (Å²) in [6.45, 7) is 4.06. The molecule has 0 N–H and O–H groups in total. The minimum absolute atomic E-state index is 0.443. The monoisotopic (exact) mass is 148 g/mol. The standard InChI is InChI=1S/C5H9ClN2O/c1-3-9-8-4-7-5(2)6/h4H,3H2,1-2H3/b7-5+,8-4-. The molecule has 0 saturated heterocycles. The predicted octanol–water partition coefficient (Wildman–Crippen LogP) is 1.62. The van der Waals surface area contributed by atoms with Gasteiger partial charge in [0.15, 0.2) is 6.34 Å². The highest BCUT2D eigenvalue weighted by molar-refractivity contribution is 6.65. The Bertz CT molecular complexity index is 118. The van der Waals surface area contributed by atoms with E-state index < -0.39 is 0 Å². The summed E-state index contributed by atoms with van der Waals surface area (Å²) in [6.07, 6.45) is 1.27. The molecule has 9 heavy (non-hydrogen) atoms. The lowest BCUT2D eigenvalue weighted by Gasteiger charge is -1.86. The summed E-state index contributed by atoms with van der Waals surface area (Å²) < 4.78 is 0. The molecule has 0 fully saturated rings. The Hall–Kier alpha value is -0.570. The second-order valence-corrected chi connectivity index (χ2v) is 1.81. The molecule has 0 saturated carbocycles. The van der Waals surface area contributed by atoms with E-state index in [2.05, 4.69) is 15.0 Å². The van der Waals surface area contributed by atoms with E-state index >= 15 is 0 Å². The first-order chi connectivity index (χ1) is 4.27. The van der Waals surface area contributed by atoms with E-state index in [-0.39, 0.29) is 0 Å². The maximum absolute atomic E-state index is 5.36. The number of oxime groups is 1. The molecular weight excluding hydrogens is 140 g/mol. The SMILES string of the molecule is CCO/N=C\N=C(/C)Cl. The quantitative estimate of drug-likeness (QED) is 0.340. The Labute approximate surface area is 59.4 Å². The Morgan fingerprint density at radius 2 is 2.44 bits per heavy atom. The van der Waals surface area contributed by atoms with Crippen molar-refractivity contribution in [1.29, 1.82) is 0 Å². The molecule has 3 nitrogen and oxygen atoms in total. The Kier molecular flexibility index (Phi) is 5.21. The minimum atomic E-state index is 0.443. The molecule has 0 unspecified atom stereocenters. The van der Waals surface area contributed by atoms with Gasteiger partial charge in [0.25, 0.3) is 0 Å². The fourth-order valence-electron chi connectivity index (χ4n) is 0.211. The fraction of sp³-hybridized carbons (Fsp3) is 0.600. The third kappa shape index (κ3) is 7.43. The van der Waals surface area contributed by atoms with Gasteiger partial charge in [0.05, 0.1) is 0 Å². The third-order valence-electron chi connectivity index (χ3n) is 0.486. The van der Waals surface area contributed by atoms with Gasteiger partial charge in [-0.15, -0.1) is 0 Å². The van der Waals surface area contributed by atoms with Gasteiger partial charge in [-0.1, -0.05) is 16.8 Å². The van der Waals surface area contributed by atoms with E-state index in [1.807, 2.05) is 6.92 Å².